The van der Waals surface area contributed by atoms with Crippen LogP contribution in [0.3, 0.4) is 0 Å². The van der Waals surface area contributed by atoms with Crippen LogP contribution in [0.4, 0.5) is 17.3 Å². The van der Waals surface area contributed by atoms with Crippen molar-refractivity contribution in [1.82, 2.24) is 20.3 Å². The van der Waals surface area contributed by atoms with Crippen LogP contribution < -0.4 is 26.6 Å². The highest BCUT2D eigenvalue weighted by Crippen LogP contribution is 2.22. The van der Waals surface area contributed by atoms with Crippen molar-refractivity contribution in [2.75, 3.05) is 63.0 Å². The van der Waals surface area contributed by atoms with E-state index in [0.29, 0.717) is 35.2 Å². The van der Waals surface area contributed by atoms with E-state index in [4.69, 9.17) is 15.2 Å². The summed E-state index contributed by atoms with van der Waals surface area (Å²) in [5.41, 5.74) is 12.2. The molecule has 0 aliphatic carbocycles. The number of nitrogens with two attached hydrogens (primary N) is 1. The molecule has 0 unspecified atom stereocenters. The summed E-state index contributed by atoms with van der Waals surface area (Å²) in [4.78, 5) is 22.9. The van der Waals surface area contributed by atoms with Crippen LogP contribution in [0.1, 0.15) is 10.4 Å². The number of para-hydroxylation sites is 1. The minimum absolute atomic E-state index is 0.312. The normalized spacial score (nSPS) is 14.3. The number of hydrogen-bond donors (Lipinski definition) is 4. The average molecular weight is 387 g/mol. The molecule has 10 heteroatoms. The molecular weight excluding hydrogens is 362 g/mol. The monoisotopic (exact) mass is 387 g/mol. The van der Waals surface area contributed by atoms with Crippen molar-refractivity contribution in [3.05, 3.63) is 36.2 Å². The summed E-state index contributed by atoms with van der Waals surface area (Å²) in [6.07, 6.45) is 1.38. The van der Waals surface area contributed by atoms with Crippen molar-refractivity contribution >= 4 is 23.2 Å². The van der Waals surface area contributed by atoms with Crippen molar-refractivity contribution in [3.8, 4) is 5.75 Å². The molecule has 3 rings (SSSR count). The van der Waals surface area contributed by atoms with E-state index in [0.717, 1.165) is 32.8 Å². The second-order valence-electron chi connectivity index (χ2n) is 6.14. The molecule has 0 spiro atoms. The maximum Gasteiger partial charge on any atom is 0.273 e. The fraction of sp³-hybridized carbons (Fsp3) is 0.389. The number of anilines is 3. The fourth-order valence-corrected chi connectivity index (χ4v) is 2.81. The third-order valence-corrected chi connectivity index (χ3v) is 4.35. The second-order valence-corrected chi connectivity index (χ2v) is 6.14. The van der Waals surface area contributed by atoms with Gasteiger partial charge in [0.05, 0.1) is 25.9 Å². The van der Waals surface area contributed by atoms with Crippen molar-refractivity contribution in [1.29, 1.82) is 0 Å². The topological polar surface area (TPSA) is 127 Å². The Morgan fingerprint density at radius 2 is 2.00 bits per heavy atom. The van der Waals surface area contributed by atoms with E-state index in [1.165, 1.54) is 13.4 Å². The van der Waals surface area contributed by atoms with Crippen LogP contribution in [0.2, 0.25) is 0 Å². The lowest BCUT2D eigenvalue weighted by molar-refractivity contribution is 0.0398. The third-order valence-electron chi connectivity index (χ3n) is 4.35. The predicted octanol–water partition coefficient (Wildman–Crippen LogP) is 0.568. The average Bonchev–Trinajstić information content (AvgIpc) is 2.74. The number of aromatic nitrogens is 2. The van der Waals surface area contributed by atoms with E-state index < -0.39 is 0 Å². The Bertz CT molecular complexity index is 796. The largest absolute Gasteiger partial charge is 0.496 e. The Labute approximate surface area is 163 Å². The second kappa shape index (κ2) is 9.72. The van der Waals surface area contributed by atoms with Crippen molar-refractivity contribution < 1.29 is 14.3 Å². The summed E-state index contributed by atoms with van der Waals surface area (Å²) in [5, 5.41) is 3.21. The van der Waals surface area contributed by atoms with Crippen LogP contribution in [-0.4, -0.2) is 67.3 Å². The Balaban J connectivity index is 1.55. The molecule has 150 valence electrons. The van der Waals surface area contributed by atoms with Gasteiger partial charge < -0.3 is 20.5 Å². The van der Waals surface area contributed by atoms with Gasteiger partial charge in [-0.05, 0) is 12.1 Å². The van der Waals surface area contributed by atoms with E-state index in [1.54, 1.807) is 24.3 Å². The fourth-order valence-electron chi connectivity index (χ4n) is 2.81. The van der Waals surface area contributed by atoms with Gasteiger partial charge in [0.2, 0.25) is 0 Å². The number of morpholine rings is 1. The zero-order valence-corrected chi connectivity index (χ0v) is 15.8. The Morgan fingerprint density at radius 3 is 2.79 bits per heavy atom. The number of hydrazine groups is 1. The van der Waals surface area contributed by atoms with E-state index >= 15 is 0 Å². The van der Waals surface area contributed by atoms with Crippen molar-refractivity contribution in [3.63, 3.8) is 0 Å². The van der Waals surface area contributed by atoms with Crippen LogP contribution >= 0.6 is 0 Å². The highest BCUT2D eigenvalue weighted by molar-refractivity contribution is 5.97. The number of amides is 1. The van der Waals surface area contributed by atoms with Gasteiger partial charge in [0.25, 0.3) is 5.91 Å². The molecule has 28 heavy (non-hydrogen) atoms. The summed E-state index contributed by atoms with van der Waals surface area (Å²) in [7, 11) is 1.51. The molecule has 1 aromatic heterocycles. The summed E-state index contributed by atoms with van der Waals surface area (Å²) < 4.78 is 10.5. The Morgan fingerprint density at radius 1 is 1.25 bits per heavy atom. The lowest BCUT2D eigenvalue weighted by Gasteiger charge is -2.26. The molecule has 5 N–H and O–H groups in total. The lowest BCUT2D eigenvalue weighted by Crippen LogP contribution is -2.39. The van der Waals surface area contributed by atoms with Gasteiger partial charge in [0.15, 0.2) is 11.6 Å². The van der Waals surface area contributed by atoms with Gasteiger partial charge in [0.1, 0.15) is 17.8 Å². The zero-order valence-electron chi connectivity index (χ0n) is 15.8. The maximum absolute atomic E-state index is 12.4. The summed E-state index contributed by atoms with van der Waals surface area (Å²) in [5.74, 6) is 0.935. The first-order valence-electron chi connectivity index (χ1n) is 9.03. The standard InChI is InChI=1S/C18H25N7O3/c1-27-14-5-3-2-4-13(14)18(26)24-23-17-15(19)16(21-12-22-17)20-6-7-25-8-10-28-11-9-25/h2-5,12H,6-11,19H2,1H3,(H,24,26)(H2,20,21,22,23). The molecular formula is C18H25N7O3. The van der Waals surface area contributed by atoms with Gasteiger partial charge >= 0.3 is 0 Å². The van der Waals surface area contributed by atoms with Crippen LogP contribution in [0.5, 0.6) is 5.75 Å². The molecule has 1 aromatic carbocycles. The zero-order chi connectivity index (χ0) is 19.8. The van der Waals surface area contributed by atoms with Crippen LogP contribution in [0.25, 0.3) is 0 Å². The molecule has 1 amide bonds. The minimum atomic E-state index is -0.364. The Kier molecular flexibility index (Phi) is 6.82. The molecule has 1 aliphatic heterocycles. The SMILES string of the molecule is COc1ccccc1C(=O)NNc1ncnc(NCCN2CCOCC2)c1N. The quantitative estimate of drug-likeness (QED) is 0.481. The lowest BCUT2D eigenvalue weighted by atomic mass is 10.2. The number of methoxy groups -OCH3 is 1. The number of ether oxygens (including phenoxy) is 2. The predicted molar refractivity (Wildman–Crippen MR) is 106 cm³/mol. The molecule has 10 nitrogen and oxygen atoms in total. The molecule has 2 aromatic rings. The molecule has 0 atom stereocenters. The van der Waals surface area contributed by atoms with Crippen LogP contribution in [0, 0.1) is 0 Å². The molecule has 1 saturated heterocycles. The van der Waals surface area contributed by atoms with E-state index in [1.807, 2.05) is 0 Å². The van der Waals surface area contributed by atoms with Gasteiger partial charge in [-0.2, -0.15) is 0 Å². The van der Waals surface area contributed by atoms with Crippen LogP contribution in [0.15, 0.2) is 30.6 Å². The maximum atomic E-state index is 12.4. The summed E-state index contributed by atoms with van der Waals surface area (Å²) >= 11 is 0. The highest BCUT2D eigenvalue weighted by Gasteiger charge is 2.14. The molecule has 2 heterocycles. The number of benzene rings is 1. The molecule has 0 saturated carbocycles. The molecule has 0 bridgehead atoms. The van der Waals surface area contributed by atoms with Crippen molar-refractivity contribution in [2.45, 2.75) is 0 Å². The van der Waals surface area contributed by atoms with E-state index in [9.17, 15) is 4.79 Å². The van der Waals surface area contributed by atoms with Gasteiger partial charge in [0, 0.05) is 26.2 Å². The number of rotatable bonds is 8. The highest BCUT2D eigenvalue weighted by atomic mass is 16.5. The third kappa shape index (κ3) is 4.99. The number of hydrogen-bond acceptors (Lipinski definition) is 9. The summed E-state index contributed by atoms with van der Waals surface area (Å²) in [6, 6.07) is 6.93. The van der Waals surface area contributed by atoms with Gasteiger partial charge in [-0.25, -0.2) is 9.97 Å². The summed E-state index contributed by atoms with van der Waals surface area (Å²) in [6.45, 7) is 4.91. The number of nitrogens with zero attached hydrogens (tertiary/aromatic N) is 3. The molecule has 0 radical (unpaired) electrons. The first kappa shape index (κ1) is 19.6. The number of carbonyl (C=O) groups excluding carboxylic acids is 1. The van der Waals surface area contributed by atoms with Gasteiger partial charge in [-0.15, -0.1) is 0 Å². The van der Waals surface area contributed by atoms with Gasteiger partial charge in [-0.1, -0.05) is 12.1 Å². The Hall–Kier alpha value is -3.11. The molecule has 1 fully saturated rings. The van der Waals surface area contributed by atoms with Crippen molar-refractivity contribution in [2.24, 2.45) is 0 Å². The van der Waals surface area contributed by atoms with Gasteiger partial charge in [-0.3, -0.25) is 20.5 Å². The van der Waals surface area contributed by atoms with E-state index in [2.05, 4.69) is 31.0 Å². The number of carbonyl (C=O) groups is 1. The first-order valence-corrected chi connectivity index (χ1v) is 9.03. The number of nitrogen functional groups attached to an aromatic ring is 1. The smallest absolute Gasteiger partial charge is 0.273 e. The van der Waals surface area contributed by atoms with E-state index in [-0.39, 0.29) is 5.91 Å². The molecule has 1 aliphatic rings. The number of nitrogens with one attached hydrogen (secondary N) is 3. The van der Waals surface area contributed by atoms with Crippen LogP contribution in [-0.2, 0) is 4.74 Å². The first-order chi connectivity index (χ1) is 13.7. The minimum Gasteiger partial charge on any atom is -0.496 e.